The van der Waals surface area contributed by atoms with Gasteiger partial charge in [-0.1, -0.05) is 30.3 Å². The van der Waals surface area contributed by atoms with Crippen molar-refractivity contribution in [2.75, 3.05) is 0 Å². The smallest absolute Gasteiger partial charge is 0.326 e. The van der Waals surface area contributed by atoms with Crippen molar-refractivity contribution in [1.29, 1.82) is 0 Å². The summed E-state index contributed by atoms with van der Waals surface area (Å²) in [6, 6.07) is 8.34. The van der Waals surface area contributed by atoms with Crippen LogP contribution >= 0.6 is 0 Å². The van der Waals surface area contributed by atoms with Gasteiger partial charge < -0.3 is 16.2 Å². The molecule has 1 aliphatic rings. The Morgan fingerprint density at radius 1 is 1.30 bits per heavy atom. The largest absolute Gasteiger partial charge is 0.480 e. The van der Waals surface area contributed by atoms with Crippen molar-refractivity contribution in [1.82, 2.24) is 5.32 Å². The molecule has 0 radical (unpaired) electrons. The zero-order valence-electron chi connectivity index (χ0n) is 11.3. The van der Waals surface area contributed by atoms with E-state index in [1.54, 1.807) is 0 Å². The Kier molecular flexibility index (Phi) is 4.39. The fourth-order valence-corrected chi connectivity index (χ4v) is 2.42. The number of rotatable bonds is 6. The zero-order chi connectivity index (χ0) is 14.6. The molecular weight excluding hydrogens is 256 g/mol. The maximum absolute atomic E-state index is 11.9. The van der Waals surface area contributed by atoms with E-state index in [0.29, 0.717) is 0 Å². The Balaban J connectivity index is 1.92. The van der Waals surface area contributed by atoms with E-state index >= 15 is 0 Å². The quantitative estimate of drug-likeness (QED) is 0.724. The normalized spacial score (nSPS) is 17.9. The molecule has 108 valence electrons. The lowest BCUT2D eigenvalue weighted by molar-refractivity contribution is -0.142. The Bertz CT molecular complexity index is 483. The van der Waals surface area contributed by atoms with Gasteiger partial charge in [-0.3, -0.25) is 4.79 Å². The summed E-state index contributed by atoms with van der Waals surface area (Å²) in [4.78, 5) is 23.1. The van der Waals surface area contributed by atoms with Gasteiger partial charge in [0.25, 0.3) is 0 Å². The number of benzene rings is 1. The SMILES string of the molecule is NC1(CC(=O)NC(Cc2ccccc2)C(=O)O)CCC1. The summed E-state index contributed by atoms with van der Waals surface area (Å²) in [6.07, 6.45) is 3.18. The third-order valence-electron chi connectivity index (χ3n) is 3.78. The van der Waals surface area contributed by atoms with Crippen molar-refractivity contribution in [3.63, 3.8) is 0 Å². The van der Waals surface area contributed by atoms with Crippen LogP contribution in [0.4, 0.5) is 0 Å². The highest BCUT2D eigenvalue weighted by Gasteiger charge is 2.35. The first-order valence-electron chi connectivity index (χ1n) is 6.83. The van der Waals surface area contributed by atoms with Crippen LogP contribution < -0.4 is 11.1 Å². The maximum atomic E-state index is 11.9. The topological polar surface area (TPSA) is 92.4 Å². The minimum atomic E-state index is -1.03. The standard InChI is InChI=1S/C15H20N2O3/c16-15(7-4-8-15)10-13(18)17-12(14(19)20)9-11-5-2-1-3-6-11/h1-3,5-6,12H,4,7-10,16H2,(H,17,18)(H,19,20). The fraction of sp³-hybridized carbons (Fsp3) is 0.467. The van der Waals surface area contributed by atoms with Crippen LogP contribution in [0.1, 0.15) is 31.2 Å². The van der Waals surface area contributed by atoms with E-state index < -0.39 is 17.6 Å². The predicted molar refractivity (Wildman–Crippen MR) is 75.1 cm³/mol. The van der Waals surface area contributed by atoms with Gasteiger partial charge in [0.15, 0.2) is 0 Å². The summed E-state index contributed by atoms with van der Waals surface area (Å²) in [5, 5.41) is 11.8. The van der Waals surface area contributed by atoms with Gasteiger partial charge in [-0.15, -0.1) is 0 Å². The summed E-state index contributed by atoms with van der Waals surface area (Å²) in [5.74, 6) is -1.31. The van der Waals surface area contributed by atoms with Gasteiger partial charge in [0.05, 0.1) is 0 Å². The number of aliphatic carboxylic acids is 1. The molecule has 1 fully saturated rings. The lowest BCUT2D eigenvalue weighted by Gasteiger charge is -2.37. The predicted octanol–water partition coefficient (Wildman–Crippen LogP) is 1.07. The Morgan fingerprint density at radius 3 is 2.45 bits per heavy atom. The van der Waals surface area contributed by atoms with E-state index in [9.17, 15) is 14.7 Å². The second-order valence-corrected chi connectivity index (χ2v) is 5.54. The van der Waals surface area contributed by atoms with Gasteiger partial charge in [-0.2, -0.15) is 0 Å². The average molecular weight is 276 g/mol. The minimum absolute atomic E-state index is 0.200. The zero-order valence-corrected chi connectivity index (χ0v) is 11.3. The first-order valence-corrected chi connectivity index (χ1v) is 6.83. The number of hydrogen-bond acceptors (Lipinski definition) is 3. The molecule has 0 bridgehead atoms. The number of carboxylic acid groups (broad SMARTS) is 1. The van der Waals surface area contributed by atoms with Crippen molar-refractivity contribution in [2.24, 2.45) is 5.73 Å². The molecule has 1 saturated carbocycles. The molecule has 4 N–H and O–H groups in total. The summed E-state index contributed by atoms with van der Waals surface area (Å²) in [7, 11) is 0. The van der Waals surface area contributed by atoms with Crippen LogP contribution in [0.5, 0.6) is 0 Å². The lowest BCUT2D eigenvalue weighted by atomic mass is 9.75. The second kappa shape index (κ2) is 6.05. The highest BCUT2D eigenvalue weighted by molar-refractivity contribution is 5.84. The molecule has 0 aliphatic heterocycles. The molecule has 5 heteroatoms. The molecule has 1 atom stereocenters. The molecule has 0 heterocycles. The number of nitrogens with two attached hydrogens (primary N) is 1. The van der Waals surface area contributed by atoms with Gasteiger partial charge in [-0.05, 0) is 24.8 Å². The number of carbonyl (C=O) groups excluding carboxylic acids is 1. The third kappa shape index (κ3) is 3.81. The van der Waals surface area contributed by atoms with Gasteiger partial charge in [0, 0.05) is 18.4 Å². The van der Waals surface area contributed by atoms with Crippen LogP contribution in [0.3, 0.4) is 0 Å². The van der Waals surface area contributed by atoms with Crippen molar-refractivity contribution >= 4 is 11.9 Å². The minimum Gasteiger partial charge on any atom is -0.480 e. The molecule has 0 spiro atoms. The molecule has 1 aromatic rings. The first-order chi connectivity index (χ1) is 9.48. The molecule has 1 aromatic carbocycles. The van der Waals surface area contributed by atoms with E-state index in [0.717, 1.165) is 24.8 Å². The van der Waals surface area contributed by atoms with E-state index in [1.165, 1.54) is 0 Å². The number of nitrogens with one attached hydrogen (secondary N) is 1. The van der Waals surface area contributed by atoms with Crippen LogP contribution in [0.15, 0.2) is 30.3 Å². The second-order valence-electron chi connectivity index (χ2n) is 5.54. The highest BCUT2D eigenvalue weighted by atomic mass is 16.4. The van der Waals surface area contributed by atoms with Gasteiger partial charge in [0.2, 0.25) is 5.91 Å². The van der Waals surface area contributed by atoms with Crippen molar-refractivity contribution in [3.8, 4) is 0 Å². The highest BCUT2D eigenvalue weighted by Crippen LogP contribution is 2.31. The molecule has 5 nitrogen and oxygen atoms in total. The van der Waals surface area contributed by atoms with Crippen LogP contribution in [0, 0.1) is 0 Å². The number of carboxylic acids is 1. The van der Waals surface area contributed by atoms with E-state index in [-0.39, 0.29) is 18.7 Å². The summed E-state index contributed by atoms with van der Waals surface area (Å²) < 4.78 is 0. The third-order valence-corrected chi connectivity index (χ3v) is 3.78. The molecule has 1 amide bonds. The number of hydrogen-bond donors (Lipinski definition) is 3. The van der Waals surface area contributed by atoms with Crippen molar-refractivity contribution < 1.29 is 14.7 Å². The Hall–Kier alpha value is -1.88. The first kappa shape index (κ1) is 14.5. The summed E-state index contributed by atoms with van der Waals surface area (Å²) in [6.45, 7) is 0. The molecule has 1 unspecified atom stereocenters. The molecule has 20 heavy (non-hydrogen) atoms. The molecular formula is C15H20N2O3. The van der Waals surface area contributed by atoms with Gasteiger partial charge in [0.1, 0.15) is 6.04 Å². The fourth-order valence-electron chi connectivity index (χ4n) is 2.42. The van der Waals surface area contributed by atoms with Crippen molar-refractivity contribution in [3.05, 3.63) is 35.9 Å². The van der Waals surface area contributed by atoms with Gasteiger partial charge >= 0.3 is 5.97 Å². The average Bonchev–Trinajstić information content (AvgIpc) is 2.37. The molecule has 1 aliphatic carbocycles. The van der Waals surface area contributed by atoms with Gasteiger partial charge in [-0.25, -0.2) is 4.79 Å². The molecule has 0 saturated heterocycles. The summed E-state index contributed by atoms with van der Waals surface area (Å²) >= 11 is 0. The monoisotopic (exact) mass is 276 g/mol. The van der Waals surface area contributed by atoms with Crippen LogP contribution in [-0.2, 0) is 16.0 Å². The molecule has 0 aromatic heterocycles. The van der Waals surface area contributed by atoms with Crippen LogP contribution in [0.25, 0.3) is 0 Å². The number of amides is 1. The van der Waals surface area contributed by atoms with Crippen LogP contribution in [0.2, 0.25) is 0 Å². The molecule has 2 rings (SSSR count). The summed E-state index contributed by atoms with van der Waals surface area (Å²) in [5.41, 5.74) is 6.45. The van der Waals surface area contributed by atoms with E-state index in [2.05, 4.69) is 5.32 Å². The number of carbonyl (C=O) groups is 2. The van der Waals surface area contributed by atoms with E-state index in [1.807, 2.05) is 30.3 Å². The lowest BCUT2D eigenvalue weighted by Crippen LogP contribution is -2.52. The van der Waals surface area contributed by atoms with E-state index in [4.69, 9.17) is 5.73 Å². The van der Waals surface area contributed by atoms with Crippen molar-refractivity contribution in [2.45, 2.75) is 43.7 Å². The van der Waals surface area contributed by atoms with Crippen LogP contribution in [-0.4, -0.2) is 28.6 Å². The Morgan fingerprint density at radius 2 is 1.95 bits per heavy atom. The maximum Gasteiger partial charge on any atom is 0.326 e. The Labute approximate surface area is 118 Å².